The Hall–Kier alpha value is -0.520. The van der Waals surface area contributed by atoms with E-state index in [1.165, 1.54) is 0 Å². The fourth-order valence-corrected chi connectivity index (χ4v) is 2.17. The summed E-state index contributed by atoms with van der Waals surface area (Å²) in [6.45, 7) is 3.76. The lowest BCUT2D eigenvalue weighted by atomic mass is 10.3. The van der Waals surface area contributed by atoms with Gasteiger partial charge in [0.1, 0.15) is 0 Å². The van der Waals surface area contributed by atoms with Gasteiger partial charge in [-0.3, -0.25) is 0 Å². The third-order valence-corrected chi connectivity index (χ3v) is 3.18. The first kappa shape index (κ1) is 10.0. The Morgan fingerprint density at radius 2 is 2.57 bits per heavy atom. The number of nitrogens with zero attached hydrogens (tertiary/aromatic N) is 3. The van der Waals surface area contributed by atoms with E-state index in [0.717, 1.165) is 26.2 Å². The third kappa shape index (κ3) is 2.50. The number of rotatable bonds is 3. The first-order valence-electron chi connectivity index (χ1n) is 4.75. The van der Waals surface area contributed by atoms with E-state index in [4.69, 9.17) is 4.74 Å². The minimum Gasteiger partial charge on any atom is -0.374 e. The van der Waals surface area contributed by atoms with Crippen molar-refractivity contribution in [3.8, 4) is 0 Å². The first-order valence-corrected chi connectivity index (χ1v) is 5.93. The minimum absolute atomic E-state index is 0.297. The van der Waals surface area contributed by atoms with Crippen LogP contribution in [0.1, 0.15) is 0 Å². The summed E-state index contributed by atoms with van der Waals surface area (Å²) in [4.78, 5) is 4.02. The van der Waals surface area contributed by atoms with E-state index in [2.05, 4.69) is 20.1 Å². The highest BCUT2D eigenvalue weighted by atomic mass is 32.2. The highest BCUT2D eigenvalue weighted by molar-refractivity contribution is 7.96. The lowest BCUT2D eigenvalue weighted by molar-refractivity contribution is -0.00720. The van der Waals surface area contributed by atoms with E-state index in [1.807, 2.05) is 12.5 Å². The number of hydrogen-bond acceptors (Lipinski definition) is 4. The Morgan fingerprint density at radius 3 is 3.29 bits per heavy atom. The highest BCUT2D eigenvalue weighted by Gasteiger charge is 2.19. The molecule has 14 heavy (non-hydrogen) atoms. The monoisotopic (exact) mass is 213 g/mol. The molecule has 0 aromatic carbocycles. The van der Waals surface area contributed by atoms with Crippen LogP contribution in [0.25, 0.3) is 0 Å². The number of morpholine rings is 1. The molecule has 1 fully saturated rings. The molecule has 4 nitrogen and oxygen atoms in total. The van der Waals surface area contributed by atoms with Crippen LogP contribution in [0.4, 0.5) is 0 Å². The van der Waals surface area contributed by atoms with Gasteiger partial charge in [0.05, 0.1) is 25.6 Å². The Bertz CT molecular complexity index is 265. The van der Waals surface area contributed by atoms with Gasteiger partial charge in [0, 0.05) is 25.5 Å². The molecule has 1 saturated heterocycles. The van der Waals surface area contributed by atoms with Crippen LogP contribution in [0.3, 0.4) is 0 Å². The van der Waals surface area contributed by atoms with Crippen molar-refractivity contribution in [2.45, 2.75) is 12.6 Å². The van der Waals surface area contributed by atoms with Crippen LogP contribution < -0.4 is 0 Å². The number of imidazole rings is 1. The van der Waals surface area contributed by atoms with E-state index in [9.17, 15) is 0 Å². The van der Waals surface area contributed by atoms with Crippen molar-refractivity contribution in [3.63, 3.8) is 0 Å². The van der Waals surface area contributed by atoms with Gasteiger partial charge in [0.15, 0.2) is 0 Å². The largest absolute Gasteiger partial charge is 0.374 e. The topological polar surface area (TPSA) is 30.3 Å². The maximum Gasteiger partial charge on any atom is 0.0946 e. The van der Waals surface area contributed by atoms with Gasteiger partial charge in [-0.05, 0) is 6.26 Å². The van der Waals surface area contributed by atoms with Crippen molar-refractivity contribution < 1.29 is 4.74 Å². The van der Waals surface area contributed by atoms with Crippen LogP contribution in [-0.2, 0) is 11.3 Å². The van der Waals surface area contributed by atoms with Crippen molar-refractivity contribution in [2.24, 2.45) is 0 Å². The smallest absolute Gasteiger partial charge is 0.0946 e. The van der Waals surface area contributed by atoms with Gasteiger partial charge in [-0.15, -0.1) is 0 Å². The molecule has 0 aliphatic carbocycles. The molecule has 0 amide bonds. The number of hydrogen-bond donors (Lipinski definition) is 0. The molecule has 1 atom stereocenters. The van der Waals surface area contributed by atoms with E-state index >= 15 is 0 Å². The molecule has 0 spiro atoms. The number of ether oxygens (including phenoxy) is 1. The van der Waals surface area contributed by atoms with Crippen LogP contribution in [0, 0.1) is 0 Å². The second-order valence-electron chi connectivity index (χ2n) is 3.32. The molecule has 78 valence electrons. The first-order chi connectivity index (χ1) is 6.88. The lowest BCUT2D eigenvalue weighted by Crippen LogP contribution is -2.40. The Labute approximate surface area is 88.4 Å². The average molecular weight is 213 g/mol. The molecule has 2 rings (SSSR count). The van der Waals surface area contributed by atoms with Crippen LogP contribution in [0.2, 0.25) is 0 Å². The zero-order valence-electron chi connectivity index (χ0n) is 8.30. The van der Waals surface area contributed by atoms with Gasteiger partial charge in [0.25, 0.3) is 0 Å². The van der Waals surface area contributed by atoms with Crippen LogP contribution in [0.15, 0.2) is 18.7 Å². The molecule has 1 aromatic rings. The highest BCUT2D eigenvalue weighted by Crippen LogP contribution is 2.13. The van der Waals surface area contributed by atoms with Crippen LogP contribution in [0.5, 0.6) is 0 Å². The quantitative estimate of drug-likeness (QED) is 0.697. The molecule has 0 radical (unpaired) electrons. The second kappa shape index (κ2) is 4.82. The lowest BCUT2D eigenvalue weighted by Gasteiger charge is -2.31. The summed E-state index contributed by atoms with van der Waals surface area (Å²) < 4.78 is 10.1. The summed E-state index contributed by atoms with van der Waals surface area (Å²) in [6.07, 6.45) is 8.02. The Balaban J connectivity index is 1.86. The number of aromatic nitrogens is 2. The van der Waals surface area contributed by atoms with Gasteiger partial charge in [-0.2, -0.15) is 0 Å². The Morgan fingerprint density at radius 1 is 1.64 bits per heavy atom. The molecule has 1 aromatic heterocycles. The molecular weight excluding hydrogens is 198 g/mol. The Kier molecular flexibility index (Phi) is 3.44. The standard InChI is InChI=1S/C9H15N3OS/c1-14-12-4-5-13-9(7-12)6-11-3-2-10-8-11/h2-3,8-9H,4-7H2,1H3/t9-/m0/s1. The zero-order chi connectivity index (χ0) is 9.80. The van der Waals surface area contributed by atoms with E-state index in [1.54, 1.807) is 18.1 Å². The minimum atomic E-state index is 0.297. The molecule has 2 heterocycles. The molecule has 0 unspecified atom stereocenters. The summed E-state index contributed by atoms with van der Waals surface area (Å²) >= 11 is 1.79. The van der Waals surface area contributed by atoms with Gasteiger partial charge in [-0.25, -0.2) is 9.29 Å². The fraction of sp³-hybridized carbons (Fsp3) is 0.667. The molecule has 1 aliphatic rings. The van der Waals surface area contributed by atoms with E-state index < -0.39 is 0 Å². The van der Waals surface area contributed by atoms with Gasteiger partial charge < -0.3 is 9.30 Å². The maximum atomic E-state index is 5.68. The maximum absolute atomic E-state index is 5.68. The van der Waals surface area contributed by atoms with Crippen molar-refractivity contribution in [3.05, 3.63) is 18.7 Å². The van der Waals surface area contributed by atoms with Gasteiger partial charge in [-0.1, -0.05) is 11.9 Å². The molecule has 0 N–H and O–H groups in total. The van der Waals surface area contributed by atoms with Gasteiger partial charge >= 0.3 is 0 Å². The molecule has 0 saturated carbocycles. The van der Waals surface area contributed by atoms with Crippen molar-refractivity contribution >= 4 is 11.9 Å². The predicted octanol–water partition coefficient (Wildman–Crippen LogP) is 0.862. The van der Waals surface area contributed by atoms with Crippen molar-refractivity contribution in [1.82, 2.24) is 13.9 Å². The summed E-state index contributed by atoms with van der Waals surface area (Å²) in [6, 6.07) is 0. The normalized spacial score (nSPS) is 23.9. The van der Waals surface area contributed by atoms with E-state index in [-0.39, 0.29) is 0 Å². The van der Waals surface area contributed by atoms with Crippen molar-refractivity contribution in [2.75, 3.05) is 26.0 Å². The average Bonchev–Trinajstić information content (AvgIpc) is 2.71. The second-order valence-corrected chi connectivity index (χ2v) is 4.20. The van der Waals surface area contributed by atoms with Gasteiger partial charge in [0.2, 0.25) is 0 Å². The SMILES string of the molecule is CSN1CCO[C@@H](Cn2ccnc2)C1. The summed E-state index contributed by atoms with van der Waals surface area (Å²) in [5.41, 5.74) is 0. The molecular formula is C9H15N3OS. The predicted molar refractivity (Wildman–Crippen MR) is 57.1 cm³/mol. The molecule has 1 aliphatic heterocycles. The summed E-state index contributed by atoms with van der Waals surface area (Å²) in [7, 11) is 0. The van der Waals surface area contributed by atoms with E-state index in [0.29, 0.717) is 6.10 Å². The molecule has 5 heteroatoms. The summed E-state index contributed by atoms with van der Waals surface area (Å²) in [5.74, 6) is 0. The fourth-order valence-electron chi connectivity index (χ4n) is 1.60. The third-order valence-electron chi connectivity index (χ3n) is 2.33. The van der Waals surface area contributed by atoms with Crippen molar-refractivity contribution in [1.29, 1.82) is 0 Å². The summed E-state index contributed by atoms with van der Waals surface area (Å²) in [5, 5.41) is 0. The zero-order valence-corrected chi connectivity index (χ0v) is 9.11. The van der Waals surface area contributed by atoms with Crippen LogP contribution in [-0.4, -0.2) is 45.9 Å². The van der Waals surface area contributed by atoms with Crippen LogP contribution >= 0.6 is 11.9 Å². The molecule has 0 bridgehead atoms.